The van der Waals surface area contributed by atoms with Crippen molar-refractivity contribution in [3.05, 3.63) is 127 Å². The summed E-state index contributed by atoms with van der Waals surface area (Å²) in [4.78, 5) is 22.0. The first kappa shape index (κ1) is 88.2. The number of halogens is 1. The fraction of sp³-hybridized carbons (Fsp3) is 0.576. The monoisotopic (exact) mass is 1230 g/mol. The van der Waals surface area contributed by atoms with E-state index in [-0.39, 0.29) is 74.5 Å². The molecule has 1 saturated heterocycles. The van der Waals surface area contributed by atoms with Crippen molar-refractivity contribution >= 4 is 57.9 Å². The van der Waals surface area contributed by atoms with Gasteiger partial charge in [0.1, 0.15) is 23.0 Å². The van der Waals surface area contributed by atoms with Crippen LogP contribution in [0.15, 0.2) is 66.2 Å². The average Bonchev–Trinajstić information content (AvgIpc) is 3.84. The summed E-state index contributed by atoms with van der Waals surface area (Å²) in [5.41, 5.74) is 12.7. The van der Waals surface area contributed by atoms with Crippen molar-refractivity contribution < 1.29 is 77.5 Å². The summed E-state index contributed by atoms with van der Waals surface area (Å²) in [5, 5.41) is 38.3. The van der Waals surface area contributed by atoms with Crippen LogP contribution < -0.4 is 23.6 Å². The molecule has 0 amide bonds. The number of carbonyl (C=O) groups excluding carboxylic acids is 2. The standard InChI is InChI=1S/C14H22O.C13H16O2.C13H20O2.C8H10O.C6H15ClSi.C6H10O2.C4H8O.CH4O3S.CH4.Al.Li.4H/c1-6-7-14(4,5)13-11(3)8-10(2)9-12(13)15;1-8-5-9(2)10-7-13(3,4)12(14)15-11(10)6-8;1-9-7-10(2)12(11(15)8-9)13(3,4)5-6-14;1-6-3-7(2)5-8(9)4-6;1-6(2,3)8(4,5)7;1-5(2)4-6(7)8-3;1-2-4-5-3-1;1-5(2,3)4;;;;;;;/h8-9,15H,6-7H2,1-5H3;5-6H,7H2,1-4H3;7-8,14-15H,5-6H2,1-4H3;3-5,9H,1-2H3;1-5H3;4H,1-3H3;1-4H2;1H3,(H,2,3,4);1H4;;;;;;/q;;;;;;;;;;+1;;;;-1. The molecule has 0 spiro atoms. The van der Waals surface area contributed by atoms with Gasteiger partial charge in [0.2, 0.25) is 0 Å². The summed E-state index contributed by atoms with van der Waals surface area (Å²) in [6.45, 7) is 47.4. The number of rotatable bonds is 7. The molecule has 17 heteroatoms. The zero-order chi connectivity index (χ0) is 62.9. The van der Waals surface area contributed by atoms with Crippen molar-refractivity contribution in [3.8, 4) is 23.0 Å². The van der Waals surface area contributed by atoms with Crippen molar-refractivity contribution in [1.29, 1.82) is 0 Å². The number of hydrogen-bond donors (Lipinski definition) is 5. The maximum absolute atomic E-state index is 11.7. The van der Waals surface area contributed by atoms with E-state index in [4.69, 9.17) is 35.3 Å². The molecule has 0 bridgehead atoms. The number of carbonyl (C=O) groups is 2. The van der Waals surface area contributed by atoms with E-state index in [2.05, 4.69) is 91.4 Å². The van der Waals surface area contributed by atoms with Gasteiger partial charge in [-0.15, -0.1) is 0 Å². The van der Waals surface area contributed by atoms with Gasteiger partial charge >= 0.3 is 30.8 Å². The molecule has 1 fully saturated rings. The van der Waals surface area contributed by atoms with Gasteiger partial charge in [-0.1, -0.05) is 112 Å². The summed E-state index contributed by atoms with van der Waals surface area (Å²) in [5.74, 6) is 1.48. The van der Waals surface area contributed by atoms with Gasteiger partial charge in [-0.25, -0.2) is 4.79 Å². The predicted octanol–water partition coefficient (Wildman–Crippen LogP) is 12.8. The number of aliphatic hydroxyl groups excluding tert-OH is 1. The number of benzene rings is 4. The van der Waals surface area contributed by atoms with Gasteiger partial charge in [0.15, 0.2) is 24.7 Å². The zero-order valence-electron chi connectivity index (χ0n) is 55.5. The Labute approximate surface area is 534 Å². The Bertz CT molecular complexity index is 2530. The molecule has 5 N–H and O–H groups in total. The van der Waals surface area contributed by atoms with E-state index in [1.807, 2.05) is 101 Å². The van der Waals surface area contributed by atoms with Crippen LogP contribution in [0.4, 0.5) is 0 Å². The number of esters is 2. The number of hydrogen-bond acceptors (Lipinski definition) is 11. The van der Waals surface area contributed by atoms with Gasteiger partial charge in [-0.2, -0.15) is 19.5 Å². The van der Waals surface area contributed by atoms with E-state index in [1.54, 1.807) is 18.2 Å². The third-order valence-electron chi connectivity index (χ3n) is 13.3. The van der Waals surface area contributed by atoms with Crippen LogP contribution in [0.2, 0.25) is 18.1 Å². The fourth-order valence-electron chi connectivity index (χ4n) is 8.59. The molecular formula is C66H113AlClLiO12SSi. The quantitative estimate of drug-likeness (QED) is 0.0294. The Kier molecular flexibility index (Phi) is 42.5. The van der Waals surface area contributed by atoms with Crippen LogP contribution in [-0.4, -0.2) is 103 Å². The van der Waals surface area contributed by atoms with Crippen LogP contribution in [0.5, 0.6) is 23.0 Å². The minimum atomic E-state index is -3.67. The maximum Gasteiger partial charge on any atom is 1.00 e. The molecule has 0 radical (unpaired) electrons. The Morgan fingerprint density at radius 3 is 1.39 bits per heavy atom. The van der Waals surface area contributed by atoms with E-state index in [1.165, 1.54) is 42.7 Å². The van der Waals surface area contributed by atoms with E-state index in [9.17, 15) is 28.2 Å². The van der Waals surface area contributed by atoms with E-state index < -0.39 is 22.9 Å². The first-order valence-corrected chi connectivity index (χ1v) is 33.4. The van der Waals surface area contributed by atoms with Crippen LogP contribution in [0, 0.1) is 60.8 Å². The van der Waals surface area contributed by atoms with Gasteiger partial charge in [0, 0.05) is 37.0 Å². The van der Waals surface area contributed by atoms with Crippen LogP contribution in [0.1, 0.15) is 185 Å². The Balaban J connectivity index is -0.000000212. The van der Waals surface area contributed by atoms with Crippen LogP contribution in [0.3, 0.4) is 0 Å². The third-order valence-corrected chi connectivity index (χ3v) is 18.5. The van der Waals surface area contributed by atoms with Gasteiger partial charge in [-0.05, 0) is 211 Å². The SMILES string of the molecule is C.C1CCOC1.CC(C)(C)[Si](C)(C)Cl.CCCC(C)(C)c1c(C)cc(C)cc1O.COC(=O)C=C(C)C.CS(=O)(=O)O.Cc1cc(C)c(C(C)(C)CCO)c(O)c1.Cc1cc(C)c2c(c1)OC(=O)C(C)(C)C2.Cc1cc(C)cc(O)c1.[AlH3].[H-].[Li+]. The summed E-state index contributed by atoms with van der Waals surface area (Å²) >= 11 is 6.15. The molecule has 0 saturated carbocycles. The summed E-state index contributed by atoms with van der Waals surface area (Å²) < 4.78 is 40.5. The number of phenolic OH excluding ortho intramolecular Hbond substituents is 3. The molecule has 83 heavy (non-hydrogen) atoms. The Morgan fingerprint density at radius 2 is 1.10 bits per heavy atom. The van der Waals surface area contributed by atoms with Crippen molar-refractivity contribution in [2.45, 2.75) is 213 Å². The summed E-state index contributed by atoms with van der Waals surface area (Å²) in [6, 6.07) is 17.4. The van der Waals surface area contributed by atoms with Crippen LogP contribution in [0.25, 0.3) is 0 Å². The van der Waals surface area contributed by atoms with Crippen molar-refractivity contribution in [1.82, 2.24) is 0 Å². The normalized spacial score (nSPS) is 12.9. The molecule has 2 aliphatic rings. The second-order valence-corrected chi connectivity index (χ2v) is 33.6. The minimum absolute atomic E-state index is 0. The first-order chi connectivity index (χ1) is 36.3. The molecule has 4 aromatic rings. The number of aromatic hydroxyl groups is 3. The van der Waals surface area contributed by atoms with E-state index in [0.29, 0.717) is 35.0 Å². The molecule has 0 unspecified atom stereocenters. The van der Waals surface area contributed by atoms with Crippen molar-refractivity contribution in [2.75, 3.05) is 33.2 Å². The predicted molar refractivity (Wildman–Crippen MR) is 354 cm³/mol. The third kappa shape index (κ3) is 36.9. The second-order valence-electron chi connectivity index (χ2n) is 24.8. The molecule has 4 aromatic carbocycles. The largest absolute Gasteiger partial charge is 1.00 e. The van der Waals surface area contributed by atoms with Gasteiger partial charge < -0.3 is 36.1 Å². The number of fused-ring (bicyclic) bond motifs is 1. The topological polar surface area (TPSA) is 197 Å². The number of phenols is 3. The van der Waals surface area contributed by atoms with Gasteiger partial charge in [0.05, 0.1) is 18.8 Å². The first-order valence-electron chi connectivity index (χ1n) is 27.5. The number of ether oxygens (including phenoxy) is 3. The smallest absolute Gasteiger partial charge is 1.00 e. The average molecular weight is 1230 g/mol. The fourth-order valence-corrected chi connectivity index (χ4v) is 8.59. The Morgan fingerprint density at radius 1 is 0.735 bits per heavy atom. The van der Waals surface area contributed by atoms with Crippen LogP contribution in [-0.2, 0) is 46.4 Å². The molecular weight excluding hydrogens is 1110 g/mol. The van der Waals surface area contributed by atoms with E-state index >= 15 is 0 Å². The summed E-state index contributed by atoms with van der Waals surface area (Å²) in [6.07, 6.45) is 8.38. The molecule has 12 nitrogen and oxygen atoms in total. The minimum Gasteiger partial charge on any atom is -1.00 e. The van der Waals surface area contributed by atoms with Crippen molar-refractivity contribution in [2.24, 2.45) is 5.41 Å². The molecule has 2 aliphatic heterocycles. The van der Waals surface area contributed by atoms with Crippen molar-refractivity contribution in [3.63, 3.8) is 0 Å². The molecule has 2 heterocycles. The molecule has 0 atom stereocenters. The molecule has 470 valence electrons. The molecule has 6 rings (SSSR count). The number of aliphatic hydroxyl groups is 1. The second kappa shape index (κ2) is 40.0. The molecule has 0 aliphatic carbocycles. The summed E-state index contributed by atoms with van der Waals surface area (Å²) in [7, 11) is -3.69. The maximum atomic E-state index is 11.7. The van der Waals surface area contributed by atoms with Gasteiger partial charge in [0.25, 0.3) is 10.1 Å². The van der Waals surface area contributed by atoms with E-state index in [0.717, 1.165) is 88.3 Å². The number of allylic oxidation sites excluding steroid dienone is 1. The number of aryl methyl sites for hydroxylation is 8. The van der Waals surface area contributed by atoms with Crippen LogP contribution >= 0.6 is 11.1 Å². The number of methoxy groups -OCH3 is 1. The zero-order valence-corrected chi connectivity index (χ0v) is 57.1. The molecule has 0 aromatic heterocycles. The van der Waals surface area contributed by atoms with Gasteiger partial charge in [-0.3, -0.25) is 9.35 Å². The Hall–Kier alpha value is -3.57.